The summed E-state index contributed by atoms with van der Waals surface area (Å²) >= 11 is 0. The van der Waals surface area contributed by atoms with Gasteiger partial charge >= 0.3 is 0 Å². The lowest BCUT2D eigenvalue weighted by Crippen LogP contribution is -2.27. The van der Waals surface area contributed by atoms with E-state index in [1.54, 1.807) is 13.2 Å². The molecule has 0 aromatic heterocycles. The summed E-state index contributed by atoms with van der Waals surface area (Å²) in [5, 5.41) is 0. The highest BCUT2D eigenvalue weighted by Gasteiger charge is 2.19. The summed E-state index contributed by atoms with van der Waals surface area (Å²) < 4.78 is 31.6. The quantitative estimate of drug-likeness (QED) is 0.487. The molecular formula is C15H24F2OSi. The Morgan fingerprint density at radius 1 is 1.05 bits per heavy atom. The first-order valence-corrected chi connectivity index (χ1v) is 10.1. The Morgan fingerprint density at radius 3 is 2.37 bits per heavy atom. The van der Waals surface area contributed by atoms with Crippen LogP contribution in [-0.4, -0.2) is 15.4 Å². The van der Waals surface area contributed by atoms with Gasteiger partial charge in [-0.15, -0.1) is 0 Å². The number of halogens is 2. The summed E-state index contributed by atoms with van der Waals surface area (Å²) in [6, 6.07) is 5.01. The van der Waals surface area contributed by atoms with Gasteiger partial charge in [-0.1, -0.05) is 25.3 Å². The summed E-state index contributed by atoms with van der Waals surface area (Å²) in [4.78, 5) is 0. The first-order chi connectivity index (χ1) is 8.94. The molecule has 0 amide bonds. The smallest absolute Gasteiger partial charge is 0.186 e. The Balaban J connectivity index is 2.17. The molecule has 0 radical (unpaired) electrons. The first kappa shape index (κ1) is 16.3. The number of hydrogen-bond donors (Lipinski definition) is 0. The predicted molar refractivity (Wildman–Crippen MR) is 77.8 cm³/mol. The van der Waals surface area contributed by atoms with E-state index in [2.05, 4.69) is 13.1 Å². The molecule has 0 N–H and O–H groups in total. The summed E-state index contributed by atoms with van der Waals surface area (Å²) in [7, 11) is 0.377. The van der Waals surface area contributed by atoms with Gasteiger partial charge in [0.2, 0.25) is 0 Å². The van der Waals surface area contributed by atoms with Crippen LogP contribution in [0.3, 0.4) is 0 Å². The van der Waals surface area contributed by atoms with Gasteiger partial charge in [-0.25, -0.2) is 8.78 Å². The van der Waals surface area contributed by atoms with E-state index in [0.29, 0.717) is 12.0 Å². The van der Waals surface area contributed by atoms with E-state index >= 15 is 0 Å². The highest BCUT2D eigenvalue weighted by atomic mass is 28.4. The number of rotatable bonds is 8. The minimum atomic E-state index is -1.42. The Morgan fingerprint density at radius 2 is 1.74 bits per heavy atom. The highest BCUT2D eigenvalue weighted by molar-refractivity contribution is 6.71. The number of benzene rings is 1. The van der Waals surface area contributed by atoms with Crippen molar-refractivity contribution in [3.05, 3.63) is 35.4 Å². The molecule has 0 aliphatic heterocycles. The maximum atomic E-state index is 13.4. The van der Waals surface area contributed by atoms with Crippen LogP contribution < -0.4 is 0 Å². The van der Waals surface area contributed by atoms with Crippen LogP contribution in [0.2, 0.25) is 19.1 Å². The average molecular weight is 286 g/mol. The van der Waals surface area contributed by atoms with Crippen LogP contribution in [0.25, 0.3) is 0 Å². The van der Waals surface area contributed by atoms with Gasteiger partial charge in [0.1, 0.15) is 11.6 Å². The summed E-state index contributed by atoms with van der Waals surface area (Å²) in [6.07, 6.45) is 5.07. The zero-order valence-corrected chi connectivity index (χ0v) is 13.1. The van der Waals surface area contributed by atoms with E-state index in [9.17, 15) is 8.78 Å². The second kappa shape index (κ2) is 7.75. The van der Waals surface area contributed by atoms with Crippen LogP contribution >= 0.6 is 0 Å². The van der Waals surface area contributed by atoms with Crippen LogP contribution in [0.15, 0.2) is 18.2 Å². The summed E-state index contributed by atoms with van der Waals surface area (Å²) in [6.45, 7) is 4.45. The minimum Gasteiger partial charge on any atom is -0.420 e. The second-order valence-electron chi connectivity index (χ2n) is 5.61. The predicted octanol–water partition coefficient (Wildman–Crippen LogP) is 4.92. The molecule has 1 aromatic rings. The van der Waals surface area contributed by atoms with Crippen molar-refractivity contribution in [3.63, 3.8) is 0 Å². The number of unbranched alkanes of at least 4 members (excludes halogenated alkanes) is 3. The van der Waals surface area contributed by atoms with Crippen molar-refractivity contribution >= 4 is 8.32 Å². The fourth-order valence-electron chi connectivity index (χ4n) is 2.05. The average Bonchev–Trinajstić information content (AvgIpc) is 2.35. The molecule has 0 fully saturated rings. The number of hydrogen-bond acceptors (Lipinski definition) is 1. The van der Waals surface area contributed by atoms with E-state index in [4.69, 9.17) is 4.43 Å². The maximum Gasteiger partial charge on any atom is 0.186 e. The van der Waals surface area contributed by atoms with Gasteiger partial charge < -0.3 is 4.43 Å². The van der Waals surface area contributed by atoms with Crippen LogP contribution in [0.1, 0.15) is 31.2 Å². The monoisotopic (exact) mass is 286 g/mol. The van der Waals surface area contributed by atoms with E-state index in [0.717, 1.165) is 25.3 Å². The van der Waals surface area contributed by atoms with Gasteiger partial charge in [0.25, 0.3) is 0 Å². The van der Waals surface area contributed by atoms with E-state index in [1.165, 1.54) is 18.5 Å². The fraction of sp³-hybridized carbons (Fsp3) is 0.600. The minimum absolute atomic E-state index is 0.423. The van der Waals surface area contributed by atoms with Gasteiger partial charge in [0, 0.05) is 13.2 Å². The normalized spacial score (nSPS) is 11.8. The van der Waals surface area contributed by atoms with Crippen molar-refractivity contribution in [1.82, 2.24) is 0 Å². The van der Waals surface area contributed by atoms with Crippen molar-refractivity contribution < 1.29 is 13.2 Å². The maximum absolute atomic E-state index is 13.4. The lowest BCUT2D eigenvalue weighted by atomic mass is 10.1. The Bertz CT molecular complexity index is 394. The molecule has 0 aliphatic rings. The molecule has 4 heteroatoms. The topological polar surface area (TPSA) is 9.23 Å². The molecule has 0 unspecified atom stereocenters. The van der Waals surface area contributed by atoms with Gasteiger partial charge in [-0.05, 0) is 43.6 Å². The first-order valence-electron chi connectivity index (χ1n) is 6.94. The van der Waals surface area contributed by atoms with Crippen molar-refractivity contribution in [2.45, 2.75) is 51.2 Å². The van der Waals surface area contributed by atoms with Crippen LogP contribution in [0, 0.1) is 11.6 Å². The molecule has 1 rings (SSSR count). The lowest BCUT2D eigenvalue weighted by Gasteiger charge is -2.19. The molecule has 0 saturated heterocycles. The van der Waals surface area contributed by atoms with E-state index in [-0.39, 0.29) is 0 Å². The van der Waals surface area contributed by atoms with Crippen molar-refractivity contribution in [2.24, 2.45) is 0 Å². The van der Waals surface area contributed by atoms with Crippen molar-refractivity contribution in [2.75, 3.05) is 7.11 Å². The molecule has 0 saturated carbocycles. The SMILES string of the molecule is CO[Si](C)(C)CCCCCCc1ccc(F)cc1F. The van der Waals surface area contributed by atoms with Crippen LogP contribution in [-0.2, 0) is 10.8 Å². The third-order valence-corrected chi connectivity index (χ3v) is 6.21. The lowest BCUT2D eigenvalue weighted by molar-refractivity contribution is 0.401. The van der Waals surface area contributed by atoms with Crippen LogP contribution in [0.5, 0.6) is 0 Å². The summed E-state index contributed by atoms with van der Waals surface area (Å²) in [5.74, 6) is -0.930. The van der Waals surface area contributed by atoms with E-state index in [1.807, 2.05) is 0 Å². The van der Waals surface area contributed by atoms with Gasteiger partial charge in [-0.2, -0.15) is 0 Å². The molecule has 0 spiro atoms. The van der Waals surface area contributed by atoms with Crippen LogP contribution in [0.4, 0.5) is 8.78 Å². The number of aryl methyl sites for hydroxylation is 1. The zero-order valence-electron chi connectivity index (χ0n) is 12.1. The standard InChI is InChI=1S/C15H24F2OSi/c1-18-19(2,3)11-7-5-4-6-8-13-9-10-14(16)12-15(13)17/h9-10,12H,4-8,11H2,1-3H3. The molecule has 108 valence electrons. The molecule has 1 nitrogen and oxygen atoms in total. The van der Waals surface area contributed by atoms with Crippen molar-refractivity contribution in [3.8, 4) is 0 Å². The summed E-state index contributed by atoms with van der Waals surface area (Å²) in [5.41, 5.74) is 0.619. The van der Waals surface area contributed by atoms with E-state index < -0.39 is 20.0 Å². The fourth-order valence-corrected chi connectivity index (χ4v) is 3.35. The molecular weight excluding hydrogens is 262 g/mol. The Labute approximate surface area is 116 Å². The second-order valence-corrected chi connectivity index (χ2v) is 10.0. The molecule has 0 heterocycles. The Hall–Kier alpha value is -0.743. The Kier molecular flexibility index (Phi) is 6.65. The van der Waals surface area contributed by atoms with Gasteiger partial charge in [0.15, 0.2) is 8.32 Å². The third-order valence-electron chi connectivity index (χ3n) is 3.54. The van der Waals surface area contributed by atoms with Gasteiger partial charge in [0.05, 0.1) is 0 Å². The largest absolute Gasteiger partial charge is 0.420 e. The molecule has 0 atom stereocenters. The molecule has 0 aliphatic carbocycles. The van der Waals surface area contributed by atoms with Gasteiger partial charge in [-0.3, -0.25) is 0 Å². The zero-order chi connectivity index (χ0) is 14.3. The molecule has 19 heavy (non-hydrogen) atoms. The van der Waals surface area contributed by atoms with Crippen molar-refractivity contribution in [1.29, 1.82) is 0 Å². The third kappa shape index (κ3) is 6.30. The molecule has 1 aromatic carbocycles. The highest BCUT2D eigenvalue weighted by Crippen LogP contribution is 2.17. The molecule has 0 bridgehead atoms.